The number of amides is 2. The standard InChI is InChI=1S/C29H37N5O6/c1-19-16-22(7-8-30-19)28(36)32-29-31-24-17-25-27(40-15-13-38-11-10-37-12-14-39-25)20(2)26(24)34(29)23-6-4-5-9-33(18-23)21(3)35/h7-8,16-17,23H,4-6,9-15,18H2,1-3H3,(H,31,32,36). The second-order valence-electron chi connectivity index (χ2n) is 10.2. The topological polar surface area (TPSA) is 117 Å². The smallest absolute Gasteiger partial charge is 0.258 e. The first-order valence-electron chi connectivity index (χ1n) is 13.9. The van der Waals surface area contributed by atoms with Gasteiger partial charge < -0.3 is 28.4 Å². The number of ether oxygens (including phenoxy) is 4. The minimum Gasteiger partial charge on any atom is -0.487 e. The first-order chi connectivity index (χ1) is 19.4. The highest BCUT2D eigenvalue weighted by atomic mass is 16.6. The number of nitrogens with zero attached hydrogens (tertiary/aromatic N) is 4. The van der Waals surface area contributed by atoms with E-state index in [0.717, 1.165) is 36.0 Å². The van der Waals surface area contributed by atoms with Crippen LogP contribution < -0.4 is 14.8 Å². The summed E-state index contributed by atoms with van der Waals surface area (Å²) in [6.45, 7) is 9.19. The Morgan fingerprint density at radius 3 is 2.50 bits per heavy atom. The monoisotopic (exact) mass is 551 g/mol. The number of fused-ring (bicyclic) bond motifs is 2. The zero-order valence-electron chi connectivity index (χ0n) is 23.4. The summed E-state index contributed by atoms with van der Waals surface area (Å²) in [5.74, 6) is 1.34. The number of carbonyl (C=O) groups excluding carboxylic acids is 2. The first kappa shape index (κ1) is 27.9. The van der Waals surface area contributed by atoms with E-state index in [2.05, 4.69) is 14.9 Å². The fourth-order valence-corrected chi connectivity index (χ4v) is 5.35. The molecule has 2 aromatic heterocycles. The number of carbonyl (C=O) groups is 2. The molecule has 11 nitrogen and oxygen atoms in total. The van der Waals surface area contributed by atoms with E-state index < -0.39 is 0 Å². The zero-order chi connectivity index (χ0) is 28.1. The molecule has 0 bridgehead atoms. The Hall–Kier alpha value is -3.70. The van der Waals surface area contributed by atoms with Gasteiger partial charge in [-0.1, -0.05) is 0 Å². The third-order valence-electron chi connectivity index (χ3n) is 7.30. The van der Waals surface area contributed by atoms with Crippen LogP contribution in [0.1, 0.15) is 53.8 Å². The molecule has 1 fully saturated rings. The van der Waals surface area contributed by atoms with Crippen LogP contribution in [-0.2, 0) is 14.3 Å². The molecule has 2 aliphatic rings. The Bertz CT molecular complexity index is 1370. The summed E-state index contributed by atoms with van der Waals surface area (Å²) in [7, 11) is 0. The van der Waals surface area contributed by atoms with Crippen molar-refractivity contribution >= 4 is 28.8 Å². The average molecular weight is 552 g/mol. The predicted molar refractivity (Wildman–Crippen MR) is 149 cm³/mol. The number of hydrogen-bond donors (Lipinski definition) is 1. The summed E-state index contributed by atoms with van der Waals surface area (Å²) >= 11 is 0. The van der Waals surface area contributed by atoms with Gasteiger partial charge in [0.05, 0.1) is 43.5 Å². The highest BCUT2D eigenvalue weighted by molar-refractivity contribution is 6.04. The van der Waals surface area contributed by atoms with Crippen LogP contribution in [0.2, 0.25) is 0 Å². The van der Waals surface area contributed by atoms with E-state index in [1.807, 2.05) is 24.8 Å². The lowest BCUT2D eigenvalue weighted by Crippen LogP contribution is -2.34. The maximum Gasteiger partial charge on any atom is 0.258 e. The van der Waals surface area contributed by atoms with Crippen LogP contribution in [0, 0.1) is 13.8 Å². The van der Waals surface area contributed by atoms with Gasteiger partial charge in [0.2, 0.25) is 11.9 Å². The Morgan fingerprint density at radius 1 is 1.00 bits per heavy atom. The molecule has 2 aliphatic heterocycles. The van der Waals surface area contributed by atoms with Crippen LogP contribution in [0.15, 0.2) is 24.4 Å². The normalized spacial score (nSPS) is 18.9. The largest absolute Gasteiger partial charge is 0.487 e. The van der Waals surface area contributed by atoms with Crippen LogP contribution >= 0.6 is 0 Å². The van der Waals surface area contributed by atoms with Crippen molar-refractivity contribution in [3.8, 4) is 11.5 Å². The number of aromatic nitrogens is 3. The second kappa shape index (κ2) is 12.6. The lowest BCUT2D eigenvalue weighted by molar-refractivity contribution is -0.129. The summed E-state index contributed by atoms with van der Waals surface area (Å²) in [5, 5.41) is 3.04. The number of aryl methyl sites for hydroxylation is 2. The first-order valence-corrected chi connectivity index (χ1v) is 13.9. The van der Waals surface area contributed by atoms with Crippen molar-refractivity contribution < 1.29 is 28.5 Å². The minimum absolute atomic E-state index is 0.0363. The average Bonchev–Trinajstić information content (AvgIpc) is 3.10. The summed E-state index contributed by atoms with van der Waals surface area (Å²) in [6.07, 6.45) is 4.33. The lowest BCUT2D eigenvalue weighted by Gasteiger charge is -2.27. The van der Waals surface area contributed by atoms with E-state index in [1.165, 1.54) is 0 Å². The van der Waals surface area contributed by atoms with Crippen molar-refractivity contribution in [2.45, 2.75) is 46.1 Å². The molecule has 0 aliphatic carbocycles. The molecule has 2 amide bonds. The Balaban J connectivity index is 1.61. The number of nitrogens with one attached hydrogen (secondary N) is 1. The van der Waals surface area contributed by atoms with Gasteiger partial charge in [-0.3, -0.25) is 19.9 Å². The molecule has 40 heavy (non-hydrogen) atoms. The molecule has 5 rings (SSSR count). The van der Waals surface area contributed by atoms with E-state index in [0.29, 0.717) is 81.3 Å². The molecule has 0 spiro atoms. The molecule has 1 aromatic carbocycles. The summed E-state index contributed by atoms with van der Waals surface area (Å²) in [5.41, 5.74) is 3.59. The van der Waals surface area contributed by atoms with Gasteiger partial charge in [-0.25, -0.2) is 4.98 Å². The Kier molecular flexibility index (Phi) is 8.81. The molecule has 1 atom stereocenters. The third kappa shape index (κ3) is 6.20. The SMILES string of the molecule is CC(=O)N1CCCCC(n2c(NC(=O)c3ccnc(C)c3)nc3cc4c(c(C)c32)OCCOCCOCCO4)C1. The predicted octanol–water partition coefficient (Wildman–Crippen LogP) is 3.68. The van der Waals surface area contributed by atoms with Gasteiger partial charge in [0.25, 0.3) is 5.91 Å². The van der Waals surface area contributed by atoms with E-state index in [-0.39, 0.29) is 17.9 Å². The summed E-state index contributed by atoms with van der Waals surface area (Å²) in [6, 6.07) is 5.18. The van der Waals surface area contributed by atoms with Crippen LogP contribution in [0.4, 0.5) is 5.95 Å². The van der Waals surface area contributed by atoms with Crippen molar-refractivity contribution in [1.82, 2.24) is 19.4 Å². The van der Waals surface area contributed by atoms with Gasteiger partial charge >= 0.3 is 0 Å². The molecule has 11 heteroatoms. The molecule has 3 aromatic rings. The van der Waals surface area contributed by atoms with Crippen LogP contribution in [-0.4, -0.2) is 84.0 Å². The van der Waals surface area contributed by atoms with Crippen molar-refractivity contribution in [3.63, 3.8) is 0 Å². The summed E-state index contributed by atoms with van der Waals surface area (Å²) < 4.78 is 25.6. The molecule has 0 radical (unpaired) electrons. The van der Waals surface area contributed by atoms with Crippen molar-refractivity contribution in [1.29, 1.82) is 0 Å². The summed E-state index contributed by atoms with van der Waals surface area (Å²) in [4.78, 5) is 36.8. The number of anilines is 1. The third-order valence-corrected chi connectivity index (χ3v) is 7.30. The maximum atomic E-state index is 13.4. The fourth-order valence-electron chi connectivity index (χ4n) is 5.35. The molecular formula is C29H37N5O6. The van der Waals surface area contributed by atoms with E-state index in [1.54, 1.807) is 25.3 Å². The van der Waals surface area contributed by atoms with Gasteiger partial charge in [-0.15, -0.1) is 0 Å². The van der Waals surface area contributed by atoms with Crippen molar-refractivity contribution in [2.24, 2.45) is 0 Å². The van der Waals surface area contributed by atoms with Gasteiger partial charge in [0, 0.05) is 49.1 Å². The number of imidazole rings is 1. The molecule has 1 saturated heterocycles. The molecular weight excluding hydrogens is 514 g/mol. The van der Waals surface area contributed by atoms with Gasteiger partial charge in [-0.2, -0.15) is 0 Å². The van der Waals surface area contributed by atoms with E-state index in [9.17, 15) is 9.59 Å². The minimum atomic E-state index is -0.280. The van der Waals surface area contributed by atoms with Crippen molar-refractivity contribution in [2.75, 3.05) is 58.0 Å². The number of rotatable bonds is 3. The second-order valence-corrected chi connectivity index (χ2v) is 10.2. The van der Waals surface area contributed by atoms with E-state index >= 15 is 0 Å². The molecule has 214 valence electrons. The van der Waals surface area contributed by atoms with E-state index in [4.69, 9.17) is 23.9 Å². The fraction of sp³-hybridized carbons (Fsp3) is 0.517. The molecule has 4 heterocycles. The Morgan fingerprint density at radius 2 is 1.75 bits per heavy atom. The van der Waals surface area contributed by atoms with Gasteiger partial charge in [0.1, 0.15) is 13.2 Å². The lowest BCUT2D eigenvalue weighted by atomic mass is 10.1. The van der Waals surface area contributed by atoms with Gasteiger partial charge in [0.15, 0.2) is 11.5 Å². The number of pyridine rings is 1. The molecule has 1 N–H and O–H groups in total. The van der Waals surface area contributed by atoms with Crippen LogP contribution in [0.3, 0.4) is 0 Å². The molecule has 1 unspecified atom stereocenters. The number of benzene rings is 1. The maximum absolute atomic E-state index is 13.4. The Labute approximate surface area is 233 Å². The van der Waals surface area contributed by atoms with Crippen LogP contribution in [0.25, 0.3) is 11.0 Å². The highest BCUT2D eigenvalue weighted by Crippen LogP contribution is 2.41. The number of hydrogen-bond acceptors (Lipinski definition) is 8. The molecule has 0 saturated carbocycles. The van der Waals surface area contributed by atoms with Gasteiger partial charge in [-0.05, 0) is 45.2 Å². The van der Waals surface area contributed by atoms with Crippen molar-refractivity contribution in [3.05, 3.63) is 41.2 Å². The number of likely N-dealkylation sites (tertiary alicyclic amines) is 1. The highest BCUT2D eigenvalue weighted by Gasteiger charge is 2.29. The van der Waals surface area contributed by atoms with Crippen LogP contribution in [0.5, 0.6) is 11.5 Å². The quantitative estimate of drug-likeness (QED) is 0.524. The zero-order valence-corrected chi connectivity index (χ0v) is 23.4.